The zero-order valence-electron chi connectivity index (χ0n) is 37.0. The van der Waals surface area contributed by atoms with Crippen molar-refractivity contribution in [3.63, 3.8) is 0 Å². The summed E-state index contributed by atoms with van der Waals surface area (Å²) in [7, 11) is 0. The molecule has 0 spiro atoms. The van der Waals surface area contributed by atoms with Crippen molar-refractivity contribution in [3.8, 4) is 39.1 Å². The third kappa shape index (κ3) is 5.35. The molecule has 0 N–H and O–H groups in total. The topological polar surface area (TPSA) is 34.5 Å². The fourth-order valence-electron chi connectivity index (χ4n) is 11.6. The standard InChI is InChI=1S/C63H42N2O2/c1-63(2)49-28-10-3-19-39(49)45-27-17-33-55(61(45)63)65(52-31-13-6-22-42(52)44-26-18-36-58-59(44)47-24-8-15-34-56(47)66-58)54-38-37-46(62-60(54)48-25-9-16-35-57(48)67-62)43-23-7-14-32-53(43)64-50-29-11-4-20-40(50)41-21-5-12-30-51(41)64/h3-38H,1-2H3. The highest BCUT2D eigenvalue weighted by Crippen LogP contribution is 2.57. The molecule has 14 rings (SSSR count). The van der Waals surface area contributed by atoms with Gasteiger partial charge in [-0.3, -0.25) is 0 Å². The van der Waals surface area contributed by atoms with Gasteiger partial charge in [0.1, 0.15) is 22.3 Å². The molecule has 0 saturated heterocycles. The second-order valence-corrected chi connectivity index (χ2v) is 18.3. The van der Waals surface area contributed by atoms with E-state index < -0.39 is 0 Å². The lowest BCUT2D eigenvalue weighted by molar-refractivity contribution is 0.661. The van der Waals surface area contributed by atoms with Crippen LogP contribution in [0.2, 0.25) is 0 Å². The first-order chi connectivity index (χ1) is 33.0. The van der Waals surface area contributed by atoms with Crippen LogP contribution in [0.5, 0.6) is 0 Å². The molecule has 0 bridgehead atoms. The predicted octanol–water partition coefficient (Wildman–Crippen LogP) is 17.7. The van der Waals surface area contributed by atoms with Gasteiger partial charge in [-0.25, -0.2) is 0 Å². The molecular weight excluding hydrogens is 817 g/mol. The first-order valence-electron chi connectivity index (χ1n) is 23.1. The van der Waals surface area contributed by atoms with Crippen molar-refractivity contribution >= 4 is 82.7 Å². The van der Waals surface area contributed by atoms with Gasteiger partial charge in [-0.2, -0.15) is 0 Å². The van der Waals surface area contributed by atoms with Crippen LogP contribution in [0.25, 0.3) is 105 Å². The molecule has 0 saturated carbocycles. The molecule has 0 aliphatic heterocycles. The number of fused-ring (bicyclic) bond motifs is 12. The number of aromatic nitrogens is 1. The number of rotatable bonds is 6. The second kappa shape index (κ2) is 14.2. The van der Waals surface area contributed by atoms with E-state index in [2.05, 4.69) is 236 Å². The molecule has 4 heteroatoms. The van der Waals surface area contributed by atoms with Crippen LogP contribution >= 0.6 is 0 Å². The second-order valence-electron chi connectivity index (χ2n) is 18.3. The van der Waals surface area contributed by atoms with Crippen molar-refractivity contribution in [1.82, 2.24) is 4.57 Å². The predicted molar refractivity (Wildman–Crippen MR) is 278 cm³/mol. The number of anilines is 3. The first-order valence-corrected chi connectivity index (χ1v) is 23.1. The fourth-order valence-corrected chi connectivity index (χ4v) is 11.6. The van der Waals surface area contributed by atoms with Gasteiger partial charge >= 0.3 is 0 Å². The highest BCUT2D eigenvalue weighted by Gasteiger charge is 2.39. The van der Waals surface area contributed by atoms with Crippen LogP contribution in [0, 0.1) is 0 Å². The largest absolute Gasteiger partial charge is 0.456 e. The number of benzene rings is 10. The molecule has 316 valence electrons. The molecule has 0 unspecified atom stereocenters. The van der Waals surface area contributed by atoms with Gasteiger partial charge in [0.25, 0.3) is 0 Å². The third-order valence-corrected chi connectivity index (χ3v) is 14.4. The third-order valence-electron chi connectivity index (χ3n) is 14.4. The van der Waals surface area contributed by atoms with Gasteiger partial charge < -0.3 is 18.3 Å². The molecule has 0 fully saturated rings. The molecule has 4 nitrogen and oxygen atoms in total. The molecule has 0 amide bonds. The van der Waals surface area contributed by atoms with Crippen LogP contribution in [0.15, 0.2) is 227 Å². The number of furan rings is 2. The monoisotopic (exact) mass is 858 g/mol. The van der Waals surface area contributed by atoms with Crippen molar-refractivity contribution in [2.24, 2.45) is 0 Å². The van der Waals surface area contributed by atoms with E-state index in [1.807, 2.05) is 6.07 Å². The Hall–Kier alpha value is -8.60. The van der Waals surface area contributed by atoms with Gasteiger partial charge in [-0.05, 0) is 88.5 Å². The summed E-state index contributed by atoms with van der Waals surface area (Å²) in [6.07, 6.45) is 0. The Labute approximate surface area is 387 Å². The van der Waals surface area contributed by atoms with Crippen molar-refractivity contribution in [2.45, 2.75) is 19.3 Å². The Morgan fingerprint density at radius 1 is 0.358 bits per heavy atom. The molecule has 13 aromatic rings. The summed E-state index contributed by atoms with van der Waals surface area (Å²) < 4.78 is 16.1. The summed E-state index contributed by atoms with van der Waals surface area (Å²) in [5.41, 5.74) is 19.3. The fraction of sp³-hybridized carbons (Fsp3) is 0.0476. The quantitative estimate of drug-likeness (QED) is 0.167. The van der Waals surface area contributed by atoms with Gasteiger partial charge in [0.15, 0.2) is 0 Å². The Bertz CT molecular complexity index is 4110. The highest BCUT2D eigenvalue weighted by molar-refractivity contribution is 6.20. The Balaban J connectivity index is 1.09. The number of hydrogen-bond donors (Lipinski definition) is 0. The molecule has 67 heavy (non-hydrogen) atoms. The molecule has 0 atom stereocenters. The molecule has 1 aliphatic rings. The molecule has 3 heterocycles. The Morgan fingerprint density at radius 2 is 0.896 bits per heavy atom. The van der Waals surface area contributed by atoms with Crippen LogP contribution < -0.4 is 4.90 Å². The van der Waals surface area contributed by atoms with E-state index in [1.165, 1.54) is 44.1 Å². The normalized spacial score (nSPS) is 13.0. The zero-order valence-corrected chi connectivity index (χ0v) is 37.0. The van der Waals surface area contributed by atoms with Gasteiger partial charge in [-0.1, -0.05) is 172 Å². The van der Waals surface area contributed by atoms with E-state index in [9.17, 15) is 0 Å². The van der Waals surface area contributed by atoms with Crippen molar-refractivity contribution in [3.05, 3.63) is 230 Å². The SMILES string of the molecule is CC1(C)c2ccccc2-c2cccc(N(c3ccccc3-c3cccc4oc5ccccc5c34)c3ccc(-c4ccccc4-n4c5ccccc5c5ccccc54)c4oc5ccccc5c34)c21. The maximum Gasteiger partial charge on any atom is 0.145 e. The Morgan fingerprint density at radius 3 is 1.67 bits per heavy atom. The zero-order chi connectivity index (χ0) is 44.4. The van der Waals surface area contributed by atoms with Gasteiger partial charge in [-0.15, -0.1) is 0 Å². The van der Waals surface area contributed by atoms with E-state index in [0.29, 0.717) is 0 Å². The number of hydrogen-bond acceptors (Lipinski definition) is 3. The van der Waals surface area contributed by atoms with Crippen molar-refractivity contribution in [1.29, 1.82) is 0 Å². The summed E-state index contributed by atoms with van der Waals surface area (Å²) >= 11 is 0. The summed E-state index contributed by atoms with van der Waals surface area (Å²) in [6, 6.07) is 78.8. The van der Waals surface area contributed by atoms with E-state index in [4.69, 9.17) is 8.83 Å². The lowest BCUT2D eigenvalue weighted by Crippen LogP contribution is -2.21. The summed E-state index contributed by atoms with van der Waals surface area (Å²) in [5, 5.41) is 6.77. The summed E-state index contributed by atoms with van der Waals surface area (Å²) in [4.78, 5) is 2.52. The van der Waals surface area contributed by atoms with Crippen LogP contribution in [0.3, 0.4) is 0 Å². The molecule has 3 aromatic heterocycles. The van der Waals surface area contributed by atoms with Crippen LogP contribution in [-0.4, -0.2) is 4.57 Å². The van der Waals surface area contributed by atoms with E-state index in [1.54, 1.807) is 0 Å². The lowest BCUT2D eigenvalue weighted by Gasteiger charge is -2.34. The van der Waals surface area contributed by atoms with Gasteiger partial charge in [0, 0.05) is 49.0 Å². The first kappa shape index (κ1) is 37.7. The minimum atomic E-state index is -0.296. The van der Waals surface area contributed by atoms with Crippen LogP contribution in [0.1, 0.15) is 25.0 Å². The van der Waals surface area contributed by atoms with E-state index in [0.717, 1.165) is 88.9 Å². The molecule has 0 radical (unpaired) electrons. The average molecular weight is 859 g/mol. The summed E-state index contributed by atoms with van der Waals surface area (Å²) in [5.74, 6) is 0. The van der Waals surface area contributed by atoms with Gasteiger partial charge in [0.2, 0.25) is 0 Å². The van der Waals surface area contributed by atoms with Crippen LogP contribution in [-0.2, 0) is 5.41 Å². The molecular formula is C63H42N2O2. The van der Waals surface area contributed by atoms with Gasteiger partial charge in [0.05, 0.1) is 39.2 Å². The smallest absolute Gasteiger partial charge is 0.145 e. The minimum absolute atomic E-state index is 0.296. The number of para-hydroxylation sites is 6. The van der Waals surface area contributed by atoms with Crippen LogP contribution in [0.4, 0.5) is 17.1 Å². The number of nitrogens with zero attached hydrogens (tertiary/aromatic N) is 2. The van der Waals surface area contributed by atoms with Crippen molar-refractivity contribution < 1.29 is 8.83 Å². The lowest BCUT2D eigenvalue weighted by atomic mass is 9.81. The highest BCUT2D eigenvalue weighted by atomic mass is 16.3. The average Bonchev–Trinajstić information content (AvgIpc) is 4.12. The van der Waals surface area contributed by atoms with E-state index >= 15 is 0 Å². The molecule has 10 aromatic carbocycles. The maximum absolute atomic E-state index is 7.19. The van der Waals surface area contributed by atoms with E-state index in [-0.39, 0.29) is 5.41 Å². The Kier molecular flexibility index (Phi) is 8.00. The maximum atomic E-state index is 7.19. The minimum Gasteiger partial charge on any atom is -0.456 e. The molecule has 1 aliphatic carbocycles. The van der Waals surface area contributed by atoms with Crippen molar-refractivity contribution in [2.75, 3.05) is 4.90 Å². The summed E-state index contributed by atoms with van der Waals surface area (Å²) in [6.45, 7) is 4.75.